The average Bonchev–Trinajstić information content (AvgIpc) is 2.97. The van der Waals surface area contributed by atoms with Gasteiger partial charge in [-0.1, -0.05) is 6.92 Å². The van der Waals surface area contributed by atoms with E-state index in [4.69, 9.17) is 4.74 Å². The zero-order valence-electron chi connectivity index (χ0n) is 17.2. The molecule has 2 aromatic rings. The molecule has 160 valence electrons. The monoisotopic (exact) mass is 438 g/mol. The van der Waals surface area contributed by atoms with Gasteiger partial charge in [0.1, 0.15) is 5.75 Å². The van der Waals surface area contributed by atoms with E-state index in [2.05, 4.69) is 16.0 Å². The lowest BCUT2D eigenvalue weighted by Crippen LogP contribution is -2.28. The van der Waals surface area contributed by atoms with Crippen LogP contribution in [0.5, 0.6) is 5.75 Å². The first-order valence-corrected chi connectivity index (χ1v) is 11.9. The Balaban J connectivity index is 0.00000240. The lowest BCUT2D eigenvalue weighted by molar-refractivity contribution is 0.242. The second-order valence-corrected chi connectivity index (χ2v) is 10.5. The summed E-state index contributed by atoms with van der Waals surface area (Å²) in [5.41, 5.74) is 2.86. The third-order valence-electron chi connectivity index (χ3n) is 6.34. The van der Waals surface area contributed by atoms with Gasteiger partial charge in [0, 0.05) is 36.6 Å². The zero-order chi connectivity index (χ0) is 19.7. The highest BCUT2D eigenvalue weighted by Gasteiger charge is 2.29. The quantitative estimate of drug-likeness (QED) is 0.719. The van der Waals surface area contributed by atoms with Gasteiger partial charge in [0.05, 0.1) is 17.8 Å². The highest BCUT2D eigenvalue weighted by molar-refractivity contribution is 7.91. The molecular weight excluding hydrogens is 408 g/mol. The van der Waals surface area contributed by atoms with Crippen LogP contribution >= 0.6 is 12.4 Å². The molecule has 0 atom stereocenters. The van der Waals surface area contributed by atoms with Gasteiger partial charge in [-0.2, -0.15) is 0 Å². The van der Waals surface area contributed by atoms with Crippen LogP contribution in [-0.2, 0) is 16.4 Å². The molecule has 5 nitrogen and oxygen atoms in total. The van der Waals surface area contributed by atoms with Gasteiger partial charge in [-0.25, -0.2) is 8.42 Å². The molecule has 2 saturated heterocycles. The van der Waals surface area contributed by atoms with Crippen molar-refractivity contribution in [2.75, 3.05) is 26.0 Å². The molecule has 29 heavy (non-hydrogen) atoms. The number of hydrogen-bond donors (Lipinski definition) is 1. The van der Waals surface area contributed by atoms with E-state index in [9.17, 15) is 8.42 Å². The van der Waals surface area contributed by atoms with Crippen LogP contribution in [0.25, 0.3) is 11.3 Å². The first-order chi connectivity index (χ1) is 13.5. The molecule has 3 fully saturated rings. The van der Waals surface area contributed by atoms with Crippen molar-refractivity contribution < 1.29 is 13.2 Å². The fourth-order valence-electron chi connectivity index (χ4n) is 4.72. The van der Waals surface area contributed by atoms with Crippen molar-refractivity contribution in [3.05, 3.63) is 36.0 Å². The number of hydrogen-bond acceptors (Lipinski definition) is 4. The van der Waals surface area contributed by atoms with Gasteiger partial charge in [0.2, 0.25) is 0 Å². The maximum absolute atomic E-state index is 12.3. The Morgan fingerprint density at radius 1 is 1.07 bits per heavy atom. The van der Waals surface area contributed by atoms with Crippen LogP contribution in [0.2, 0.25) is 0 Å². The number of aromatic amines is 1. The molecule has 1 N–H and O–H groups in total. The largest absolute Gasteiger partial charge is 0.496 e. The molecule has 1 saturated carbocycles. The van der Waals surface area contributed by atoms with Gasteiger partial charge in [-0.3, -0.25) is 4.90 Å². The number of aromatic nitrogens is 1. The number of benzene rings is 1. The first kappa shape index (κ1) is 22.2. The third-order valence-corrected chi connectivity index (χ3v) is 8.07. The van der Waals surface area contributed by atoms with E-state index in [-0.39, 0.29) is 18.2 Å². The lowest BCUT2D eigenvalue weighted by atomic mass is 9.84. The Bertz CT molecular complexity index is 919. The van der Waals surface area contributed by atoms with E-state index in [1.54, 1.807) is 32.2 Å². The average molecular weight is 439 g/mol. The summed E-state index contributed by atoms with van der Waals surface area (Å²) in [6, 6.07) is 9.23. The van der Waals surface area contributed by atoms with E-state index in [1.807, 2.05) is 6.07 Å². The highest BCUT2D eigenvalue weighted by atomic mass is 35.5. The van der Waals surface area contributed by atoms with Crippen molar-refractivity contribution in [2.45, 2.75) is 44.0 Å². The fraction of sp³-hybridized carbons (Fsp3) is 0.545. The van der Waals surface area contributed by atoms with Gasteiger partial charge in [-0.05, 0) is 67.9 Å². The van der Waals surface area contributed by atoms with Crippen molar-refractivity contribution in [2.24, 2.45) is 11.8 Å². The van der Waals surface area contributed by atoms with Gasteiger partial charge in [0.15, 0.2) is 9.84 Å². The van der Waals surface area contributed by atoms with Crippen LogP contribution in [0.1, 0.15) is 38.3 Å². The van der Waals surface area contributed by atoms with Crippen LogP contribution in [0.15, 0.2) is 35.2 Å². The Morgan fingerprint density at radius 2 is 1.72 bits per heavy atom. The Kier molecular flexibility index (Phi) is 6.97. The normalized spacial score (nSPS) is 22.1. The van der Waals surface area contributed by atoms with E-state index < -0.39 is 9.84 Å². The molecule has 0 unspecified atom stereocenters. The SMILES string of the molecule is CCS(=O)(=O)c1ccc(OC)c(-c2ccc(CN3CC4CCC(CC4)C3)[nH]2)c1.Cl. The molecule has 1 aromatic heterocycles. The van der Waals surface area contributed by atoms with Crippen LogP contribution in [0.4, 0.5) is 0 Å². The van der Waals surface area contributed by atoms with Crippen molar-refractivity contribution in [3.8, 4) is 17.0 Å². The molecule has 1 aliphatic carbocycles. The maximum atomic E-state index is 12.3. The second kappa shape index (κ2) is 9.11. The van der Waals surface area contributed by atoms with Crippen molar-refractivity contribution in [3.63, 3.8) is 0 Å². The molecule has 3 heterocycles. The van der Waals surface area contributed by atoms with Crippen LogP contribution in [-0.4, -0.2) is 44.3 Å². The van der Waals surface area contributed by atoms with Crippen LogP contribution < -0.4 is 4.74 Å². The minimum absolute atomic E-state index is 0. The van der Waals surface area contributed by atoms with E-state index in [0.29, 0.717) is 10.6 Å². The van der Waals surface area contributed by atoms with E-state index in [0.717, 1.165) is 29.6 Å². The molecule has 0 spiro atoms. The van der Waals surface area contributed by atoms with E-state index in [1.165, 1.54) is 44.5 Å². The van der Waals surface area contributed by atoms with Crippen molar-refractivity contribution in [1.29, 1.82) is 0 Å². The summed E-state index contributed by atoms with van der Waals surface area (Å²) in [6.07, 6.45) is 5.53. The summed E-state index contributed by atoms with van der Waals surface area (Å²) in [6.45, 7) is 4.97. The van der Waals surface area contributed by atoms with Crippen LogP contribution in [0.3, 0.4) is 0 Å². The standard InChI is InChI=1S/C22H30N2O3S.ClH/c1-3-28(25,26)19-9-11-22(27-2)20(12-19)21-10-8-18(23-21)15-24-13-16-4-5-17(14-24)7-6-16;/h8-12,16-17,23H,3-7,13-15H2,1-2H3;1H. The van der Waals surface area contributed by atoms with Gasteiger partial charge >= 0.3 is 0 Å². The summed E-state index contributed by atoms with van der Waals surface area (Å²) in [5, 5.41) is 0. The number of rotatable bonds is 6. The van der Waals surface area contributed by atoms with Crippen molar-refractivity contribution in [1.82, 2.24) is 9.88 Å². The Morgan fingerprint density at radius 3 is 2.31 bits per heavy atom. The molecular formula is C22H31ClN2O3S. The number of nitrogens with zero attached hydrogens (tertiary/aromatic N) is 1. The molecule has 0 amide bonds. The molecule has 3 aliphatic rings. The summed E-state index contributed by atoms with van der Waals surface area (Å²) in [5.74, 6) is 2.47. The minimum atomic E-state index is -3.26. The second-order valence-electron chi connectivity index (χ2n) is 8.24. The number of fused-ring (bicyclic) bond motifs is 4. The minimum Gasteiger partial charge on any atom is -0.496 e. The van der Waals surface area contributed by atoms with E-state index >= 15 is 0 Å². The number of methoxy groups -OCH3 is 1. The molecule has 1 aromatic carbocycles. The van der Waals surface area contributed by atoms with Gasteiger partial charge in [0.25, 0.3) is 0 Å². The summed E-state index contributed by atoms with van der Waals surface area (Å²) >= 11 is 0. The zero-order valence-corrected chi connectivity index (χ0v) is 18.8. The maximum Gasteiger partial charge on any atom is 0.178 e. The summed E-state index contributed by atoms with van der Waals surface area (Å²) in [4.78, 5) is 6.42. The molecule has 2 bridgehead atoms. The number of ether oxygens (including phenoxy) is 1. The lowest BCUT2D eigenvalue weighted by Gasteiger charge is -2.21. The van der Waals surface area contributed by atoms with Gasteiger partial charge in [-0.15, -0.1) is 12.4 Å². The topological polar surface area (TPSA) is 62.4 Å². The Labute approximate surface area is 180 Å². The molecule has 7 heteroatoms. The number of nitrogens with one attached hydrogen (secondary N) is 1. The molecule has 2 aliphatic heterocycles. The predicted molar refractivity (Wildman–Crippen MR) is 118 cm³/mol. The summed E-state index contributed by atoms with van der Waals surface area (Å²) < 4.78 is 30.1. The Hall–Kier alpha value is -1.50. The van der Waals surface area contributed by atoms with Crippen LogP contribution in [0, 0.1) is 11.8 Å². The van der Waals surface area contributed by atoms with Crippen molar-refractivity contribution >= 4 is 22.2 Å². The highest BCUT2D eigenvalue weighted by Crippen LogP contribution is 2.35. The first-order valence-electron chi connectivity index (χ1n) is 10.3. The number of sulfone groups is 1. The number of halogens is 1. The fourth-order valence-corrected chi connectivity index (χ4v) is 5.62. The smallest absolute Gasteiger partial charge is 0.178 e. The molecule has 0 radical (unpaired) electrons. The molecule has 5 rings (SSSR count). The van der Waals surface area contributed by atoms with Gasteiger partial charge < -0.3 is 9.72 Å². The number of H-pyrrole nitrogens is 1. The predicted octanol–water partition coefficient (Wildman–Crippen LogP) is 4.53. The third kappa shape index (κ3) is 4.81. The summed E-state index contributed by atoms with van der Waals surface area (Å²) in [7, 11) is -1.64.